The number of hydrogen-bond acceptors (Lipinski definition) is 13. The van der Waals surface area contributed by atoms with Crippen molar-refractivity contribution in [3.05, 3.63) is 101 Å². The first kappa shape index (κ1) is 65.3. The third kappa shape index (κ3) is 15.9. The van der Waals surface area contributed by atoms with Crippen LogP contribution in [0.4, 0.5) is 64.1 Å². The molecule has 0 spiro atoms. The van der Waals surface area contributed by atoms with E-state index in [9.17, 15) is 64.2 Å². The van der Waals surface area contributed by atoms with Crippen LogP contribution in [0.2, 0.25) is 0 Å². The number of ether oxygens (including phenoxy) is 3. The van der Waals surface area contributed by atoms with Gasteiger partial charge in [0.15, 0.2) is 0 Å². The number of carbonyl (C=O) groups excluding carboxylic acids is 5. The van der Waals surface area contributed by atoms with E-state index < -0.39 is 120 Å². The van der Waals surface area contributed by atoms with Crippen LogP contribution in [0.25, 0.3) is 11.3 Å². The summed E-state index contributed by atoms with van der Waals surface area (Å²) in [5.74, 6) is 0.519. The number of aliphatic hydroxyl groups excluding tert-OH is 1. The van der Waals surface area contributed by atoms with Crippen LogP contribution >= 0.6 is 0 Å². The van der Waals surface area contributed by atoms with Gasteiger partial charge < -0.3 is 40.2 Å². The predicted octanol–water partition coefficient (Wildman–Crippen LogP) is 8.15. The number of benzene rings is 2. The maximum atomic E-state index is 16.1. The van der Waals surface area contributed by atoms with Gasteiger partial charge in [0.25, 0.3) is 5.91 Å². The zero-order valence-corrected chi connectivity index (χ0v) is 47.0. The molecule has 2 aliphatic rings. The summed E-state index contributed by atoms with van der Waals surface area (Å²) >= 11 is 0. The highest BCUT2D eigenvalue weighted by Crippen LogP contribution is 2.42. The standard InChI is InChI=1S/C55H64F10N10O9/c1-51(2,3)84-50(81)75-34-17-18-35(75)27-72(26-34)42-19-16-32(25-66-42)15-12-30-10-13-31(14-11-30)22-40(67-45(77)43(68-48(79)82-8)52(4,5)54(60,61)62)41(76)29-73(71-46(78)44(69-49(80)83-9)53(6,7)55(63,64)65)28-36-37(56)23-33(24-38(36)57)39-20-21-74(70-39)47(58)59/h10-11,13-14,16,19-21,23-25,34-35,40-41,43-44,47,76H,17-18,22,26-29H2,1-9H3,(H,67,77)(H,68,79)(H,69,80)(H,71,78)/t34?,35?,40-,41-,43+,44+/m0/s1. The molecule has 2 unspecified atom stereocenters. The number of aromatic nitrogens is 3. The number of amides is 5. The molecule has 5 N–H and O–H groups in total. The summed E-state index contributed by atoms with van der Waals surface area (Å²) in [6.45, 7) is 3.31. The molecule has 2 saturated heterocycles. The molecule has 29 heteroatoms. The van der Waals surface area contributed by atoms with Crippen molar-refractivity contribution < 1.29 is 87.2 Å². The second kappa shape index (κ2) is 26.0. The van der Waals surface area contributed by atoms with E-state index in [1.54, 1.807) is 28.5 Å². The normalized spacial score (nSPS) is 17.1. The van der Waals surface area contributed by atoms with Crippen LogP contribution in [-0.4, -0.2) is 148 Å². The highest BCUT2D eigenvalue weighted by atomic mass is 19.4. The first-order chi connectivity index (χ1) is 39.0. The third-order valence-electron chi connectivity index (χ3n) is 14.3. The smallest absolute Gasteiger partial charge is 0.410 e. The van der Waals surface area contributed by atoms with Crippen LogP contribution < -0.4 is 26.3 Å². The second-order valence-corrected chi connectivity index (χ2v) is 22.2. The molecular formula is C55H64F10N10O9. The topological polar surface area (TPSA) is 222 Å². The maximum absolute atomic E-state index is 16.1. The number of hydrogen-bond donors (Lipinski definition) is 5. The fraction of sp³-hybridized carbons (Fsp3) is 0.509. The quantitative estimate of drug-likeness (QED) is 0.0275. The number of alkyl carbamates (subject to hydrolysis) is 2. The highest BCUT2D eigenvalue weighted by molar-refractivity contribution is 5.87. The molecule has 2 aliphatic heterocycles. The Balaban J connectivity index is 1.31. The highest BCUT2D eigenvalue weighted by Gasteiger charge is 2.57. The first-order valence-electron chi connectivity index (χ1n) is 26.0. The van der Waals surface area contributed by atoms with Crippen LogP contribution in [0, 0.1) is 34.3 Å². The molecule has 0 radical (unpaired) electrons. The molecule has 4 heterocycles. The fourth-order valence-electron chi connectivity index (χ4n) is 9.27. The molecular weight excluding hydrogens is 1130 g/mol. The number of rotatable bonds is 18. The number of anilines is 1. The number of methoxy groups -OCH3 is 2. The molecule has 0 saturated carbocycles. The summed E-state index contributed by atoms with van der Waals surface area (Å²) in [7, 11) is 1.59. The Kier molecular flexibility index (Phi) is 20.2. The van der Waals surface area contributed by atoms with Crippen molar-refractivity contribution in [1.82, 2.24) is 46.0 Å². The number of piperazine rings is 1. The van der Waals surface area contributed by atoms with Crippen molar-refractivity contribution >= 4 is 35.9 Å². The summed E-state index contributed by atoms with van der Waals surface area (Å²) in [4.78, 5) is 74.4. The molecule has 6 rings (SSSR count). The number of halogens is 10. The lowest BCUT2D eigenvalue weighted by molar-refractivity contribution is -0.221. The molecule has 0 aliphatic carbocycles. The van der Waals surface area contributed by atoms with E-state index in [4.69, 9.17) is 4.74 Å². The number of nitrogens with zero attached hydrogens (tertiary/aromatic N) is 6. The molecule has 5 amide bonds. The van der Waals surface area contributed by atoms with Gasteiger partial charge in [-0.3, -0.25) is 19.9 Å². The van der Waals surface area contributed by atoms with Crippen LogP contribution in [0.5, 0.6) is 0 Å². The summed E-state index contributed by atoms with van der Waals surface area (Å²) in [6, 6.07) is 4.87. The van der Waals surface area contributed by atoms with Gasteiger partial charge in [0.2, 0.25) is 5.91 Å². The molecule has 458 valence electrons. The monoisotopic (exact) mass is 1200 g/mol. The van der Waals surface area contributed by atoms with Crippen LogP contribution in [-0.2, 0) is 36.8 Å². The first-order valence-corrected chi connectivity index (χ1v) is 26.0. The fourth-order valence-corrected chi connectivity index (χ4v) is 9.27. The molecule has 2 aromatic heterocycles. The number of alkyl halides is 8. The van der Waals surface area contributed by atoms with Crippen molar-refractivity contribution in [2.24, 2.45) is 10.8 Å². The summed E-state index contributed by atoms with van der Waals surface area (Å²) in [6.07, 6.45) is -12.4. The number of pyridine rings is 1. The van der Waals surface area contributed by atoms with Crippen molar-refractivity contribution in [1.29, 1.82) is 0 Å². The molecule has 84 heavy (non-hydrogen) atoms. The molecule has 2 aromatic carbocycles. The lowest BCUT2D eigenvalue weighted by atomic mass is 9.82. The predicted molar refractivity (Wildman–Crippen MR) is 281 cm³/mol. The van der Waals surface area contributed by atoms with Gasteiger partial charge in [-0.2, -0.15) is 40.2 Å². The average Bonchev–Trinajstić information content (AvgIpc) is 2.31. The maximum Gasteiger partial charge on any atom is 0.410 e. The van der Waals surface area contributed by atoms with Crippen LogP contribution in [0.15, 0.2) is 67.0 Å². The molecule has 6 atom stereocenters. The third-order valence-corrected chi connectivity index (χ3v) is 14.3. The number of fused-ring (bicyclic) bond motifs is 2. The van der Waals surface area contributed by atoms with Crippen molar-refractivity contribution in [3.8, 4) is 23.1 Å². The van der Waals surface area contributed by atoms with Crippen LogP contribution in [0.3, 0.4) is 0 Å². The Labute approximate surface area is 476 Å². The van der Waals surface area contributed by atoms with Crippen LogP contribution in [0.1, 0.15) is 90.1 Å². The second-order valence-electron chi connectivity index (χ2n) is 22.2. The van der Waals surface area contributed by atoms with E-state index in [0.29, 0.717) is 74.9 Å². The van der Waals surface area contributed by atoms with Gasteiger partial charge in [-0.1, -0.05) is 24.0 Å². The Morgan fingerprint density at radius 3 is 1.75 bits per heavy atom. The van der Waals surface area contributed by atoms with Gasteiger partial charge in [-0.25, -0.2) is 37.8 Å². The molecule has 19 nitrogen and oxygen atoms in total. The SMILES string of the molecule is COC(=O)N[C@H](C(=O)N[C@@H](Cc1ccc(C#Cc2ccc(N3CC4CCC(C3)N4C(=O)OC(C)(C)C)nc2)cc1)[C@@H](O)CN(Cc1c(F)cc(-c2ccn(C(F)F)n2)cc1F)NC(=O)[C@@H](NC(=O)OC)C(C)(C)C(F)(F)F)C(C)(C)C(F)(F)F. The zero-order valence-electron chi connectivity index (χ0n) is 47.0. The molecule has 4 aromatic rings. The lowest BCUT2D eigenvalue weighted by Crippen LogP contribution is -2.63. The van der Waals surface area contributed by atoms with Crippen molar-refractivity contribution in [2.75, 3.05) is 38.8 Å². The zero-order chi connectivity index (χ0) is 62.4. The van der Waals surface area contributed by atoms with E-state index in [-0.39, 0.29) is 39.7 Å². The number of nitrogens with one attached hydrogen (secondary N) is 4. The Hall–Kier alpha value is -7.87. The van der Waals surface area contributed by atoms with E-state index in [0.717, 1.165) is 39.3 Å². The number of carbonyl (C=O) groups is 5. The van der Waals surface area contributed by atoms with E-state index in [1.165, 1.54) is 24.3 Å². The lowest BCUT2D eigenvalue weighted by Gasteiger charge is -2.41. The van der Waals surface area contributed by atoms with Gasteiger partial charge in [0.05, 0.1) is 55.0 Å². The van der Waals surface area contributed by atoms with Gasteiger partial charge >= 0.3 is 37.2 Å². The summed E-state index contributed by atoms with van der Waals surface area (Å²) < 4.78 is 161. The Morgan fingerprint density at radius 2 is 1.27 bits per heavy atom. The van der Waals surface area contributed by atoms with E-state index >= 15 is 8.78 Å². The van der Waals surface area contributed by atoms with Gasteiger partial charge in [0, 0.05) is 60.8 Å². The Bertz CT molecular complexity index is 3030. The van der Waals surface area contributed by atoms with Gasteiger partial charge in [-0.15, -0.1) is 0 Å². The summed E-state index contributed by atoms with van der Waals surface area (Å²) in [5.41, 5.74) is -5.26. The van der Waals surface area contributed by atoms with Crippen molar-refractivity contribution in [3.63, 3.8) is 0 Å². The molecule has 2 bridgehead atoms. The van der Waals surface area contributed by atoms with Crippen molar-refractivity contribution in [2.45, 2.75) is 135 Å². The number of aliphatic hydroxyl groups is 1. The van der Waals surface area contributed by atoms with Gasteiger partial charge in [-0.05, 0) is 116 Å². The largest absolute Gasteiger partial charge is 0.453 e. The molecule has 2 fully saturated rings. The van der Waals surface area contributed by atoms with E-state index in [1.807, 2.05) is 31.5 Å². The van der Waals surface area contributed by atoms with E-state index in [2.05, 4.69) is 41.6 Å². The minimum atomic E-state index is -5.24. The van der Waals surface area contributed by atoms with Gasteiger partial charge in [0.1, 0.15) is 35.1 Å². The summed E-state index contributed by atoms with van der Waals surface area (Å²) in [5, 5.41) is 22.0. The Morgan fingerprint density at radius 1 is 0.750 bits per heavy atom. The number of hydrazine groups is 1. The average molecular weight is 1200 g/mol. The minimum Gasteiger partial charge on any atom is -0.453 e. The minimum absolute atomic E-state index is 0.0576.